The first-order chi connectivity index (χ1) is 10.0. The summed E-state index contributed by atoms with van der Waals surface area (Å²) in [5, 5.41) is 7.89. The van der Waals surface area contributed by atoms with Gasteiger partial charge >= 0.3 is 0 Å². The predicted octanol–water partition coefficient (Wildman–Crippen LogP) is -0.238. The van der Waals surface area contributed by atoms with Gasteiger partial charge in [-0.3, -0.25) is 9.69 Å². The van der Waals surface area contributed by atoms with Crippen molar-refractivity contribution in [2.45, 2.75) is 19.4 Å². The van der Waals surface area contributed by atoms with E-state index in [1.807, 2.05) is 0 Å². The van der Waals surface area contributed by atoms with Gasteiger partial charge in [-0.25, -0.2) is 0 Å². The molecule has 2 heterocycles. The third kappa shape index (κ3) is 3.64. The molecule has 1 saturated heterocycles. The quantitative estimate of drug-likeness (QED) is 0.724. The van der Waals surface area contributed by atoms with E-state index in [0.29, 0.717) is 4.99 Å². The van der Waals surface area contributed by atoms with E-state index in [-0.39, 0.29) is 11.7 Å². The summed E-state index contributed by atoms with van der Waals surface area (Å²) in [7, 11) is 0. The Labute approximate surface area is 129 Å². The van der Waals surface area contributed by atoms with E-state index in [9.17, 15) is 4.79 Å². The van der Waals surface area contributed by atoms with E-state index in [1.165, 1.54) is 0 Å². The summed E-state index contributed by atoms with van der Waals surface area (Å²) >= 11 is 5.11. The van der Waals surface area contributed by atoms with Crippen LogP contribution in [0.5, 0.6) is 0 Å². The Kier molecular flexibility index (Phi) is 5.03. The number of thiocarbonyl (C=S) groups is 1. The van der Waals surface area contributed by atoms with Gasteiger partial charge in [-0.05, 0) is 18.6 Å². The van der Waals surface area contributed by atoms with Gasteiger partial charge < -0.3 is 16.4 Å². The van der Waals surface area contributed by atoms with Gasteiger partial charge in [0.15, 0.2) is 11.5 Å². The van der Waals surface area contributed by atoms with Gasteiger partial charge in [0, 0.05) is 26.2 Å². The molecule has 1 unspecified atom stereocenters. The van der Waals surface area contributed by atoms with E-state index in [2.05, 4.69) is 26.9 Å². The van der Waals surface area contributed by atoms with Crippen LogP contribution in [0.1, 0.15) is 23.8 Å². The van der Waals surface area contributed by atoms with Gasteiger partial charge in [-0.1, -0.05) is 19.1 Å². The summed E-state index contributed by atoms with van der Waals surface area (Å²) in [6, 6.07) is 3.53. The van der Waals surface area contributed by atoms with Crippen molar-refractivity contribution in [2.24, 2.45) is 11.5 Å². The Morgan fingerprint density at radius 2 is 1.95 bits per heavy atom. The highest BCUT2D eigenvalue weighted by Crippen LogP contribution is 2.15. The summed E-state index contributed by atoms with van der Waals surface area (Å²) in [5.74, 6) is 0.184. The van der Waals surface area contributed by atoms with Crippen molar-refractivity contribution in [1.29, 1.82) is 0 Å². The first-order valence-electron chi connectivity index (χ1n) is 6.94. The fourth-order valence-corrected chi connectivity index (χ4v) is 2.84. The molecular formula is C13H20N6OS. The standard InChI is InChI=1S/C13H20N6OS/c1-2-10(13(15)21)18-5-7-19(8-6-18)11-4-3-9(12(14)20)16-17-11/h3-4,10H,2,5-8H2,1H3,(H2,14,20)(H2,15,21). The fourth-order valence-electron chi connectivity index (χ4n) is 2.53. The van der Waals surface area contributed by atoms with Crippen molar-refractivity contribution in [2.75, 3.05) is 31.1 Å². The molecule has 8 heteroatoms. The van der Waals surface area contributed by atoms with Crippen LogP contribution < -0.4 is 16.4 Å². The molecule has 1 fully saturated rings. The lowest BCUT2D eigenvalue weighted by molar-refractivity contribution is 0.0994. The lowest BCUT2D eigenvalue weighted by Crippen LogP contribution is -2.53. The molecule has 0 saturated carbocycles. The van der Waals surface area contributed by atoms with Crippen LogP contribution in [-0.4, -0.2) is 58.2 Å². The average Bonchev–Trinajstić information content (AvgIpc) is 2.48. The van der Waals surface area contributed by atoms with E-state index in [0.717, 1.165) is 38.4 Å². The number of amides is 1. The molecule has 1 atom stereocenters. The lowest BCUT2D eigenvalue weighted by atomic mass is 10.1. The van der Waals surface area contributed by atoms with Crippen LogP contribution in [-0.2, 0) is 0 Å². The maximum absolute atomic E-state index is 11.0. The number of rotatable bonds is 5. The van der Waals surface area contributed by atoms with Crippen LogP contribution in [0.25, 0.3) is 0 Å². The minimum atomic E-state index is -0.568. The van der Waals surface area contributed by atoms with Crippen molar-refractivity contribution in [1.82, 2.24) is 15.1 Å². The lowest BCUT2D eigenvalue weighted by Gasteiger charge is -2.38. The second-order valence-corrected chi connectivity index (χ2v) is 5.46. The fraction of sp³-hybridized carbons (Fsp3) is 0.538. The second-order valence-electron chi connectivity index (χ2n) is 4.99. The summed E-state index contributed by atoms with van der Waals surface area (Å²) in [4.78, 5) is 16.0. The number of anilines is 1. The van der Waals surface area contributed by atoms with E-state index in [1.54, 1.807) is 12.1 Å². The highest BCUT2D eigenvalue weighted by atomic mass is 32.1. The molecule has 1 aliphatic rings. The van der Waals surface area contributed by atoms with Crippen LogP contribution in [0.3, 0.4) is 0 Å². The van der Waals surface area contributed by atoms with Crippen LogP contribution in [0.4, 0.5) is 5.82 Å². The Morgan fingerprint density at radius 3 is 2.38 bits per heavy atom. The smallest absolute Gasteiger partial charge is 0.269 e. The van der Waals surface area contributed by atoms with Gasteiger partial charge in [-0.2, -0.15) is 0 Å². The van der Waals surface area contributed by atoms with Crippen molar-refractivity contribution < 1.29 is 4.79 Å². The maximum Gasteiger partial charge on any atom is 0.269 e. The third-order valence-electron chi connectivity index (χ3n) is 3.70. The number of nitrogens with zero attached hydrogens (tertiary/aromatic N) is 4. The first kappa shape index (κ1) is 15.6. The number of hydrogen-bond acceptors (Lipinski definition) is 6. The third-order valence-corrected chi connectivity index (χ3v) is 3.97. The molecule has 0 aliphatic carbocycles. The number of aromatic nitrogens is 2. The molecule has 0 aromatic carbocycles. The zero-order valence-electron chi connectivity index (χ0n) is 12.0. The van der Waals surface area contributed by atoms with E-state index in [4.69, 9.17) is 23.7 Å². The number of carbonyl (C=O) groups excluding carboxylic acids is 1. The molecule has 2 rings (SSSR count). The van der Waals surface area contributed by atoms with Crippen molar-refractivity contribution >= 4 is 28.9 Å². The van der Waals surface area contributed by atoms with E-state index >= 15 is 0 Å². The normalized spacial score (nSPS) is 17.5. The molecule has 114 valence electrons. The molecular weight excluding hydrogens is 288 g/mol. The number of primary amides is 1. The highest BCUT2D eigenvalue weighted by Gasteiger charge is 2.25. The van der Waals surface area contributed by atoms with Gasteiger partial charge in [0.2, 0.25) is 0 Å². The molecule has 4 N–H and O–H groups in total. The Hall–Kier alpha value is -1.80. The van der Waals surface area contributed by atoms with Crippen molar-refractivity contribution in [3.8, 4) is 0 Å². The van der Waals surface area contributed by atoms with Gasteiger partial charge in [-0.15, -0.1) is 10.2 Å². The highest BCUT2D eigenvalue weighted by molar-refractivity contribution is 7.80. The largest absolute Gasteiger partial charge is 0.392 e. The molecule has 0 bridgehead atoms. The molecule has 1 aromatic rings. The monoisotopic (exact) mass is 308 g/mol. The summed E-state index contributed by atoms with van der Waals surface area (Å²) in [5.41, 5.74) is 11.1. The van der Waals surface area contributed by atoms with Crippen LogP contribution in [0, 0.1) is 0 Å². The zero-order valence-corrected chi connectivity index (χ0v) is 12.8. The molecule has 0 spiro atoms. The molecule has 7 nitrogen and oxygen atoms in total. The summed E-state index contributed by atoms with van der Waals surface area (Å²) in [6.45, 7) is 5.47. The molecule has 0 radical (unpaired) electrons. The molecule has 21 heavy (non-hydrogen) atoms. The Balaban J connectivity index is 1.97. The maximum atomic E-state index is 11.0. The minimum Gasteiger partial charge on any atom is -0.392 e. The number of carbonyl (C=O) groups is 1. The Bertz CT molecular complexity index is 512. The minimum absolute atomic E-state index is 0.158. The van der Waals surface area contributed by atoms with Crippen molar-refractivity contribution in [3.63, 3.8) is 0 Å². The van der Waals surface area contributed by atoms with Gasteiger partial charge in [0.1, 0.15) is 0 Å². The number of piperazine rings is 1. The van der Waals surface area contributed by atoms with Crippen LogP contribution in [0.15, 0.2) is 12.1 Å². The SMILES string of the molecule is CCC(C(N)=S)N1CCN(c2ccc(C(N)=O)nn2)CC1. The molecule has 1 amide bonds. The summed E-state index contributed by atoms with van der Waals surface area (Å²) < 4.78 is 0. The summed E-state index contributed by atoms with van der Waals surface area (Å²) in [6.07, 6.45) is 0.919. The topological polar surface area (TPSA) is 101 Å². The number of hydrogen-bond donors (Lipinski definition) is 2. The average molecular weight is 308 g/mol. The Morgan fingerprint density at radius 1 is 1.29 bits per heavy atom. The van der Waals surface area contributed by atoms with E-state index < -0.39 is 5.91 Å². The molecule has 1 aliphatic heterocycles. The predicted molar refractivity (Wildman–Crippen MR) is 85.2 cm³/mol. The molecule has 1 aromatic heterocycles. The number of nitrogens with two attached hydrogens (primary N) is 2. The second kappa shape index (κ2) is 6.77. The van der Waals surface area contributed by atoms with Crippen molar-refractivity contribution in [3.05, 3.63) is 17.8 Å². The van der Waals surface area contributed by atoms with Crippen LogP contribution in [0.2, 0.25) is 0 Å². The van der Waals surface area contributed by atoms with Gasteiger partial charge in [0.25, 0.3) is 5.91 Å². The van der Waals surface area contributed by atoms with Crippen LogP contribution >= 0.6 is 12.2 Å². The zero-order chi connectivity index (χ0) is 15.4. The van der Waals surface area contributed by atoms with Gasteiger partial charge in [0.05, 0.1) is 11.0 Å². The first-order valence-corrected chi connectivity index (χ1v) is 7.35.